The van der Waals surface area contributed by atoms with E-state index in [4.69, 9.17) is 20.8 Å². The first-order valence-electron chi connectivity index (χ1n) is 9.06. The zero-order valence-electron chi connectivity index (χ0n) is 15.4. The van der Waals surface area contributed by atoms with Crippen LogP contribution in [0.15, 0.2) is 27.4 Å². The average Bonchev–Trinajstić information content (AvgIpc) is 2.65. The molecule has 1 fully saturated rings. The van der Waals surface area contributed by atoms with Gasteiger partial charge < -0.3 is 14.1 Å². The number of likely N-dealkylation sites (tertiary alicyclic amines) is 1. The number of carbonyl (C=O) groups is 2. The molecule has 0 aliphatic carbocycles. The van der Waals surface area contributed by atoms with Crippen molar-refractivity contribution >= 4 is 34.4 Å². The Hall–Kier alpha value is -2.34. The Morgan fingerprint density at radius 2 is 2.07 bits per heavy atom. The number of hydrogen-bond donors (Lipinski definition) is 0. The van der Waals surface area contributed by atoms with Gasteiger partial charge in [0.15, 0.2) is 0 Å². The Labute approximate surface area is 162 Å². The van der Waals surface area contributed by atoms with Gasteiger partial charge in [-0.1, -0.05) is 18.5 Å². The molecule has 0 N–H and O–H groups in total. The van der Waals surface area contributed by atoms with Crippen molar-refractivity contribution in [3.63, 3.8) is 0 Å². The van der Waals surface area contributed by atoms with E-state index < -0.39 is 5.63 Å². The molecule has 1 aromatic carbocycles. The highest BCUT2D eigenvalue weighted by atomic mass is 35.5. The summed E-state index contributed by atoms with van der Waals surface area (Å²) in [5.74, 6) is -0.747. The second-order valence-electron chi connectivity index (χ2n) is 6.80. The van der Waals surface area contributed by atoms with Crippen LogP contribution in [0.2, 0.25) is 5.02 Å². The van der Waals surface area contributed by atoms with Gasteiger partial charge in [-0.25, -0.2) is 4.79 Å². The normalized spacial score (nSPS) is 17.1. The molecule has 6 nitrogen and oxygen atoms in total. The number of amides is 1. The van der Waals surface area contributed by atoms with Gasteiger partial charge in [0.05, 0.1) is 5.92 Å². The molecule has 1 aliphatic heterocycles. The number of fused-ring (bicyclic) bond motifs is 1. The largest absolute Gasteiger partial charge is 0.461 e. The van der Waals surface area contributed by atoms with E-state index in [2.05, 4.69) is 0 Å². The Kier molecular flexibility index (Phi) is 5.85. The first kappa shape index (κ1) is 19.4. The number of rotatable bonds is 4. The molecule has 27 heavy (non-hydrogen) atoms. The van der Waals surface area contributed by atoms with Crippen molar-refractivity contribution in [2.24, 2.45) is 5.92 Å². The molecule has 144 valence electrons. The minimum Gasteiger partial charge on any atom is -0.461 e. The van der Waals surface area contributed by atoms with Crippen molar-refractivity contribution in [1.82, 2.24) is 4.90 Å². The van der Waals surface area contributed by atoms with E-state index in [1.165, 1.54) is 13.0 Å². The van der Waals surface area contributed by atoms with E-state index in [1.807, 2.05) is 6.92 Å². The van der Waals surface area contributed by atoms with Gasteiger partial charge in [-0.05, 0) is 37.0 Å². The highest BCUT2D eigenvalue weighted by Crippen LogP contribution is 2.27. The van der Waals surface area contributed by atoms with Crippen LogP contribution in [0, 0.1) is 5.92 Å². The zero-order valence-corrected chi connectivity index (χ0v) is 16.2. The number of halogens is 1. The molecule has 3 rings (SSSR count). The van der Waals surface area contributed by atoms with Gasteiger partial charge in [-0.15, -0.1) is 0 Å². The Morgan fingerprint density at radius 1 is 1.30 bits per heavy atom. The molecule has 0 bridgehead atoms. The molecule has 1 aromatic heterocycles. The summed E-state index contributed by atoms with van der Waals surface area (Å²) in [6, 6.07) is 4.80. The van der Waals surface area contributed by atoms with Crippen molar-refractivity contribution in [3.8, 4) is 0 Å². The van der Waals surface area contributed by atoms with Crippen LogP contribution in [0.1, 0.15) is 37.8 Å². The first-order valence-corrected chi connectivity index (χ1v) is 9.44. The van der Waals surface area contributed by atoms with Crippen LogP contribution in [0.25, 0.3) is 11.0 Å². The van der Waals surface area contributed by atoms with Crippen LogP contribution in [0.3, 0.4) is 0 Å². The number of aryl methyl sites for hydroxylation is 1. The van der Waals surface area contributed by atoms with Crippen LogP contribution in [-0.4, -0.2) is 29.9 Å². The van der Waals surface area contributed by atoms with Crippen LogP contribution in [-0.2, 0) is 27.4 Å². The topological polar surface area (TPSA) is 76.8 Å². The summed E-state index contributed by atoms with van der Waals surface area (Å²) < 4.78 is 10.7. The summed E-state index contributed by atoms with van der Waals surface area (Å²) in [6.07, 6.45) is 2.17. The van der Waals surface area contributed by atoms with Crippen LogP contribution >= 0.6 is 11.6 Å². The molecule has 0 saturated carbocycles. The van der Waals surface area contributed by atoms with Crippen molar-refractivity contribution in [2.45, 2.75) is 39.7 Å². The van der Waals surface area contributed by atoms with E-state index in [-0.39, 0.29) is 24.4 Å². The SMILES string of the molecule is CCc1cc2oc(=O)cc(COC(=O)C3CCCN(C(C)=O)C3)c2cc1Cl. The Morgan fingerprint density at radius 3 is 2.78 bits per heavy atom. The number of benzene rings is 1. The molecule has 1 aliphatic rings. The summed E-state index contributed by atoms with van der Waals surface area (Å²) in [4.78, 5) is 37.5. The maximum atomic E-state index is 12.4. The summed E-state index contributed by atoms with van der Waals surface area (Å²) in [5.41, 5.74) is 1.36. The first-order chi connectivity index (χ1) is 12.9. The molecule has 2 heterocycles. The van der Waals surface area contributed by atoms with Crippen LogP contribution in [0.4, 0.5) is 0 Å². The lowest BCUT2D eigenvalue weighted by molar-refractivity contribution is -0.152. The van der Waals surface area contributed by atoms with E-state index in [1.54, 1.807) is 17.0 Å². The van der Waals surface area contributed by atoms with Crippen molar-refractivity contribution < 1.29 is 18.7 Å². The summed E-state index contributed by atoms with van der Waals surface area (Å²) in [7, 11) is 0. The van der Waals surface area contributed by atoms with Crippen molar-refractivity contribution in [1.29, 1.82) is 0 Å². The number of hydrogen-bond acceptors (Lipinski definition) is 5. The third kappa shape index (κ3) is 4.33. The fourth-order valence-electron chi connectivity index (χ4n) is 3.40. The lowest BCUT2D eigenvalue weighted by Crippen LogP contribution is -2.41. The van der Waals surface area contributed by atoms with Gasteiger partial charge in [0.1, 0.15) is 12.2 Å². The lowest BCUT2D eigenvalue weighted by atomic mass is 9.98. The molecule has 1 unspecified atom stereocenters. The second kappa shape index (κ2) is 8.13. The Balaban J connectivity index is 1.78. The number of carbonyl (C=O) groups excluding carboxylic acids is 2. The van der Waals surface area contributed by atoms with Crippen LogP contribution < -0.4 is 5.63 Å². The number of nitrogens with zero attached hydrogens (tertiary/aromatic N) is 1. The molecule has 0 radical (unpaired) electrons. The average molecular weight is 392 g/mol. The molecule has 0 spiro atoms. The summed E-state index contributed by atoms with van der Waals surface area (Å²) >= 11 is 6.28. The monoisotopic (exact) mass is 391 g/mol. The zero-order chi connectivity index (χ0) is 19.6. The molecular weight excluding hydrogens is 370 g/mol. The highest BCUT2D eigenvalue weighted by Gasteiger charge is 2.28. The lowest BCUT2D eigenvalue weighted by Gasteiger charge is -2.30. The minimum absolute atomic E-state index is 0.0412. The summed E-state index contributed by atoms with van der Waals surface area (Å²) in [5, 5.41) is 1.23. The fraction of sp³-hybridized carbons (Fsp3) is 0.450. The minimum atomic E-state index is -0.502. The fourth-order valence-corrected chi connectivity index (χ4v) is 3.70. The number of piperidine rings is 1. The van der Waals surface area contributed by atoms with Crippen molar-refractivity contribution in [2.75, 3.05) is 13.1 Å². The van der Waals surface area contributed by atoms with Gasteiger partial charge in [-0.2, -0.15) is 0 Å². The van der Waals surface area contributed by atoms with E-state index >= 15 is 0 Å². The molecule has 1 saturated heterocycles. The highest BCUT2D eigenvalue weighted by molar-refractivity contribution is 6.32. The maximum absolute atomic E-state index is 12.4. The van der Waals surface area contributed by atoms with E-state index in [0.29, 0.717) is 47.5 Å². The van der Waals surface area contributed by atoms with Gasteiger partial charge in [0, 0.05) is 42.1 Å². The standard InChI is InChI=1S/C20H22ClNO5/c1-3-13-7-18-16(9-17(13)21)15(8-19(24)27-18)11-26-20(25)14-5-4-6-22(10-14)12(2)23/h7-9,14H,3-6,10-11H2,1-2H3. The molecule has 1 amide bonds. The quantitative estimate of drug-likeness (QED) is 0.590. The molecular formula is C20H22ClNO5. The molecule has 1 atom stereocenters. The summed E-state index contributed by atoms with van der Waals surface area (Å²) in [6.45, 7) is 4.46. The molecule has 7 heteroatoms. The van der Waals surface area contributed by atoms with Gasteiger partial charge >= 0.3 is 11.6 Å². The number of ether oxygens (including phenoxy) is 1. The van der Waals surface area contributed by atoms with Gasteiger partial charge in [0.25, 0.3) is 0 Å². The van der Waals surface area contributed by atoms with Gasteiger partial charge in [-0.3, -0.25) is 9.59 Å². The third-order valence-corrected chi connectivity index (χ3v) is 5.30. The predicted molar refractivity (Wildman–Crippen MR) is 102 cm³/mol. The van der Waals surface area contributed by atoms with Crippen molar-refractivity contribution in [3.05, 3.63) is 44.8 Å². The van der Waals surface area contributed by atoms with Crippen LogP contribution in [0.5, 0.6) is 0 Å². The molecule has 2 aromatic rings. The third-order valence-electron chi connectivity index (χ3n) is 4.95. The number of esters is 1. The smallest absolute Gasteiger partial charge is 0.336 e. The van der Waals surface area contributed by atoms with Gasteiger partial charge in [0.2, 0.25) is 5.91 Å². The second-order valence-corrected chi connectivity index (χ2v) is 7.20. The maximum Gasteiger partial charge on any atom is 0.336 e. The van der Waals surface area contributed by atoms with E-state index in [9.17, 15) is 14.4 Å². The predicted octanol–water partition coefficient (Wildman–Crippen LogP) is 3.31. The van der Waals surface area contributed by atoms with E-state index in [0.717, 1.165) is 12.0 Å². The Bertz CT molecular complexity index is 936.